The van der Waals surface area contributed by atoms with Crippen LogP contribution < -0.4 is 10.6 Å². The van der Waals surface area contributed by atoms with Crippen LogP contribution in [0, 0.1) is 0 Å². The van der Waals surface area contributed by atoms with Crippen molar-refractivity contribution in [2.24, 2.45) is 0 Å². The molecule has 0 amide bonds. The molecule has 0 fully saturated rings. The Kier molecular flexibility index (Phi) is 5.92. The van der Waals surface area contributed by atoms with Gasteiger partial charge in [-0.05, 0) is 35.5 Å². The van der Waals surface area contributed by atoms with E-state index in [2.05, 4.69) is 34.9 Å². The summed E-state index contributed by atoms with van der Waals surface area (Å²) in [5.41, 5.74) is 2.91. The van der Waals surface area contributed by atoms with Gasteiger partial charge in [0.2, 0.25) is 0 Å². The van der Waals surface area contributed by atoms with Crippen molar-refractivity contribution < 1.29 is 0 Å². The third-order valence-corrected chi connectivity index (χ3v) is 4.78. The zero-order valence-electron chi connectivity index (χ0n) is 13.2. The summed E-state index contributed by atoms with van der Waals surface area (Å²) >= 11 is 17.8. The maximum absolute atomic E-state index is 6.23. The minimum absolute atomic E-state index is 0.0691. The third kappa shape index (κ3) is 4.51. The number of thiocarbonyl (C=S) groups is 1. The average molecular weight is 387 g/mol. The van der Waals surface area contributed by atoms with Crippen molar-refractivity contribution in [1.29, 1.82) is 0 Å². The van der Waals surface area contributed by atoms with Gasteiger partial charge >= 0.3 is 0 Å². The molecule has 0 unspecified atom stereocenters. The van der Waals surface area contributed by atoms with Gasteiger partial charge in [-0.2, -0.15) is 0 Å². The molecule has 2 N–H and O–H groups in total. The second-order valence-electron chi connectivity index (χ2n) is 5.45. The summed E-state index contributed by atoms with van der Waals surface area (Å²) < 4.78 is 0. The van der Waals surface area contributed by atoms with Crippen LogP contribution in [0.3, 0.4) is 0 Å². The van der Waals surface area contributed by atoms with Gasteiger partial charge < -0.3 is 10.6 Å². The first-order valence-corrected chi connectivity index (χ1v) is 8.93. The van der Waals surface area contributed by atoms with Gasteiger partial charge in [0.05, 0.1) is 21.8 Å². The number of halogens is 2. The molecule has 0 radical (unpaired) electrons. The zero-order chi connectivity index (χ0) is 17.6. The highest BCUT2D eigenvalue weighted by Crippen LogP contribution is 2.30. The van der Waals surface area contributed by atoms with Crippen molar-refractivity contribution in [3.05, 3.63) is 100 Å². The summed E-state index contributed by atoms with van der Waals surface area (Å²) in [6.45, 7) is 0. The fourth-order valence-electron chi connectivity index (χ4n) is 2.54. The van der Waals surface area contributed by atoms with Crippen molar-refractivity contribution in [2.45, 2.75) is 6.04 Å². The van der Waals surface area contributed by atoms with Crippen molar-refractivity contribution >= 4 is 46.2 Å². The number of hydrogen-bond acceptors (Lipinski definition) is 1. The third-order valence-electron chi connectivity index (χ3n) is 3.74. The Morgan fingerprint density at radius 3 is 1.88 bits per heavy atom. The van der Waals surface area contributed by atoms with Gasteiger partial charge in [0.1, 0.15) is 0 Å². The molecule has 0 bridgehead atoms. The van der Waals surface area contributed by atoms with E-state index in [9.17, 15) is 0 Å². The number of rotatable bonds is 4. The molecule has 3 aromatic carbocycles. The zero-order valence-corrected chi connectivity index (χ0v) is 15.6. The molecule has 0 aliphatic carbocycles. The van der Waals surface area contributed by atoms with Crippen LogP contribution >= 0.6 is 35.4 Å². The van der Waals surface area contributed by atoms with Gasteiger partial charge in [0, 0.05) is 0 Å². The Morgan fingerprint density at radius 1 is 0.760 bits per heavy atom. The molecule has 3 rings (SSSR count). The molecular formula is C20H16Cl2N2S. The number of nitrogens with one attached hydrogen (secondary N) is 2. The first-order valence-electron chi connectivity index (χ1n) is 7.76. The number of benzene rings is 3. The highest BCUT2D eigenvalue weighted by atomic mass is 35.5. The maximum atomic E-state index is 6.23. The maximum Gasteiger partial charge on any atom is 0.171 e. The van der Waals surface area contributed by atoms with Gasteiger partial charge in [-0.25, -0.2) is 0 Å². The van der Waals surface area contributed by atoms with Crippen LogP contribution in [0.15, 0.2) is 78.9 Å². The van der Waals surface area contributed by atoms with E-state index in [1.54, 1.807) is 6.07 Å². The lowest BCUT2D eigenvalue weighted by atomic mass is 9.99. The van der Waals surface area contributed by atoms with E-state index in [1.165, 1.54) is 0 Å². The summed E-state index contributed by atoms with van der Waals surface area (Å²) in [7, 11) is 0. The highest BCUT2D eigenvalue weighted by molar-refractivity contribution is 7.80. The summed E-state index contributed by atoms with van der Waals surface area (Å²) in [4.78, 5) is 0. The van der Waals surface area contributed by atoms with Crippen molar-refractivity contribution in [3.8, 4) is 0 Å². The van der Waals surface area contributed by atoms with Gasteiger partial charge in [-0.3, -0.25) is 0 Å². The summed E-state index contributed by atoms with van der Waals surface area (Å²) in [6.07, 6.45) is 0. The van der Waals surface area contributed by atoms with E-state index < -0.39 is 0 Å². The first-order chi connectivity index (χ1) is 12.1. The van der Waals surface area contributed by atoms with E-state index in [1.807, 2.05) is 48.5 Å². The molecule has 2 nitrogen and oxygen atoms in total. The molecule has 0 saturated carbocycles. The molecule has 0 atom stereocenters. The van der Waals surface area contributed by atoms with Crippen LogP contribution in [0.25, 0.3) is 0 Å². The average Bonchev–Trinajstić information content (AvgIpc) is 2.65. The van der Waals surface area contributed by atoms with E-state index in [0.29, 0.717) is 20.8 Å². The van der Waals surface area contributed by atoms with Crippen LogP contribution in [0.4, 0.5) is 5.69 Å². The Bertz CT molecular complexity index is 815. The van der Waals surface area contributed by atoms with Crippen LogP contribution in [0.2, 0.25) is 10.0 Å². The van der Waals surface area contributed by atoms with E-state index in [-0.39, 0.29) is 6.04 Å². The predicted molar refractivity (Wildman–Crippen MR) is 111 cm³/mol. The Morgan fingerprint density at radius 2 is 1.32 bits per heavy atom. The van der Waals surface area contributed by atoms with Crippen molar-refractivity contribution in [2.75, 3.05) is 5.32 Å². The first kappa shape index (κ1) is 17.7. The molecule has 126 valence electrons. The fourth-order valence-corrected chi connectivity index (χ4v) is 3.12. The SMILES string of the molecule is S=C(Nc1cccc(Cl)c1Cl)NC(c1ccccc1)c1ccccc1. The quantitative estimate of drug-likeness (QED) is 0.532. The lowest BCUT2D eigenvalue weighted by Gasteiger charge is -2.22. The minimum atomic E-state index is -0.0691. The molecule has 0 saturated heterocycles. The van der Waals surface area contributed by atoms with Crippen molar-refractivity contribution in [3.63, 3.8) is 0 Å². The van der Waals surface area contributed by atoms with Gasteiger partial charge in [-0.15, -0.1) is 0 Å². The van der Waals surface area contributed by atoms with E-state index in [4.69, 9.17) is 35.4 Å². The fraction of sp³-hybridized carbons (Fsp3) is 0.0500. The molecule has 0 aliphatic heterocycles. The summed E-state index contributed by atoms with van der Waals surface area (Å²) in [5.74, 6) is 0. The second-order valence-corrected chi connectivity index (χ2v) is 6.65. The van der Waals surface area contributed by atoms with E-state index in [0.717, 1.165) is 11.1 Å². The molecule has 0 aromatic heterocycles. The lowest BCUT2D eigenvalue weighted by Crippen LogP contribution is -2.33. The number of anilines is 1. The van der Waals surface area contributed by atoms with Crippen LogP contribution in [-0.2, 0) is 0 Å². The molecule has 0 aliphatic rings. The largest absolute Gasteiger partial charge is 0.352 e. The lowest BCUT2D eigenvalue weighted by molar-refractivity contribution is 0.769. The van der Waals surface area contributed by atoms with Gasteiger partial charge in [-0.1, -0.05) is 89.9 Å². The Balaban J connectivity index is 1.83. The summed E-state index contributed by atoms with van der Waals surface area (Å²) in [6, 6.07) is 25.6. The highest BCUT2D eigenvalue weighted by Gasteiger charge is 2.15. The van der Waals surface area contributed by atoms with E-state index >= 15 is 0 Å². The predicted octanol–water partition coefficient (Wildman–Crippen LogP) is 6.07. The monoisotopic (exact) mass is 386 g/mol. The second kappa shape index (κ2) is 8.34. The van der Waals surface area contributed by atoms with Gasteiger partial charge in [0.25, 0.3) is 0 Å². The Hall–Kier alpha value is -2.07. The molecular weight excluding hydrogens is 371 g/mol. The molecule has 3 aromatic rings. The molecule has 0 heterocycles. The van der Waals surface area contributed by atoms with Crippen LogP contribution in [0.5, 0.6) is 0 Å². The smallest absolute Gasteiger partial charge is 0.171 e. The summed E-state index contributed by atoms with van der Waals surface area (Å²) in [5, 5.41) is 7.89. The normalized spacial score (nSPS) is 10.5. The molecule has 5 heteroatoms. The molecule has 25 heavy (non-hydrogen) atoms. The number of hydrogen-bond donors (Lipinski definition) is 2. The van der Waals surface area contributed by atoms with Crippen molar-refractivity contribution in [1.82, 2.24) is 5.32 Å². The van der Waals surface area contributed by atoms with Gasteiger partial charge in [0.15, 0.2) is 5.11 Å². The van der Waals surface area contributed by atoms with Crippen LogP contribution in [-0.4, -0.2) is 5.11 Å². The molecule has 0 spiro atoms. The minimum Gasteiger partial charge on any atom is -0.352 e. The Labute approximate surface area is 162 Å². The topological polar surface area (TPSA) is 24.1 Å². The standard InChI is InChI=1S/C20H16Cl2N2S/c21-16-12-7-13-17(18(16)22)23-20(25)24-19(14-8-3-1-4-9-14)15-10-5-2-6-11-15/h1-13,19H,(H2,23,24,25). The van der Waals surface area contributed by atoms with Crippen LogP contribution in [0.1, 0.15) is 17.2 Å².